The Morgan fingerprint density at radius 2 is 2.05 bits per heavy atom. The number of hydrogen-bond donors (Lipinski definition) is 2. The second kappa shape index (κ2) is 7.78. The average molecular weight is 279 g/mol. The lowest BCUT2D eigenvalue weighted by atomic mass is 10.1. The van der Waals surface area contributed by atoms with Gasteiger partial charge < -0.3 is 15.6 Å². The standard InChI is InChI=1S/C16H25NO3/c1-4-5-6-7-8-12(3)20-13-9-11(2)15(17)14(10-13)16(18)19/h9-10,12H,4-8,17H2,1-3H3,(H,18,19). The highest BCUT2D eigenvalue weighted by atomic mass is 16.5. The van der Waals surface area contributed by atoms with Gasteiger partial charge >= 0.3 is 5.97 Å². The number of carboxylic acid groups (broad SMARTS) is 1. The fraction of sp³-hybridized carbons (Fsp3) is 0.562. The SMILES string of the molecule is CCCCCCC(C)Oc1cc(C)c(N)c(C(=O)O)c1. The zero-order chi connectivity index (χ0) is 15.1. The van der Waals surface area contributed by atoms with Crippen LogP contribution < -0.4 is 10.5 Å². The fourth-order valence-electron chi connectivity index (χ4n) is 2.16. The quantitative estimate of drug-likeness (QED) is 0.557. The molecule has 0 spiro atoms. The molecule has 0 fully saturated rings. The summed E-state index contributed by atoms with van der Waals surface area (Å²) in [6.45, 7) is 5.99. The van der Waals surface area contributed by atoms with E-state index in [9.17, 15) is 4.79 Å². The first-order valence-electron chi connectivity index (χ1n) is 7.25. The van der Waals surface area contributed by atoms with E-state index in [1.807, 2.05) is 6.92 Å². The van der Waals surface area contributed by atoms with Crippen LogP contribution in [-0.2, 0) is 0 Å². The van der Waals surface area contributed by atoms with Crippen LogP contribution in [0, 0.1) is 6.92 Å². The lowest BCUT2D eigenvalue weighted by Crippen LogP contribution is -2.13. The summed E-state index contributed by atoms with van der Waals surface area (Å²) in [5, 5.41) is 9.11. The van der Waals surface area contributed by atoms with Crippen LogP contribution in [0.5, 0.6) is 5.75 Å². The normalized spacial score (nSPS) is 12.2. The number of aromatic carboxylic acids is 1. The van der Waals surface area contributed by atoms with Crippen LogP contribution in [0.25, 0.3) is 0 Å². The molecule has 0 aliphatic carbocycles. The van der Waals surface area contributed by atoms with Crippen molar-refractivity contribution in [1.29, 1.82) is 0 Å². The fourth-order valence-corrected chi connectivity index (χ4v) is 2.16. The van der Waals surface area contributed by atoms with Crippen molar-refractivity contribution in [1.82, 2.24) is 0 Å². The van der Waals surface area contributed by atoms with Crippen molar-refractivity contribution in [2.75, 3.05) is 5.73 Å². The second-order valence-corrected chi connectivity index (χ2v) is 5.28. The Morgan fingerprint density at radius 3 is 2.65 bits per heavy atom. The first-order chi connectivity index (χ1) is 9.45. The van der Waals surface area contributed by atoms with Crippen molar-refractivity contribution in [3.8, 4) is 5.75 Å². The highest BCUT2D eigenvalue weighted by Crippen LogP contribution is 2.25. The van der Waals surface area contributed by atoms with Crippen molar-refractivity contribution in [2.24, 2.45) is 0 Å². The number of rotatable bonds is 8. The maximum Gasteiger partial charge on any atom is 0.337 e. The molecule has 0 aliphatic rings. The minimum absolute atomic E-state index is 0.0801. The molecular formula is C16H25NO3. The number of carbonyl (C=O) groups is 1. The van der Waals surface area contributed by atoms with Gasteiger partial charge in [-0.1, -0.05) is 26.2 Å². The summed E-state index contributed by atoms with van der Waals surface area (Å²) < 4.78 is 5.80. The summed E-state index contributed by atoms with van der Waals surface area (Å²) in [6.07, 6.45) is 5.87. The smallest absolute Gasteiger partial charge is 0.337 e. The maximum absolute atomic E-state index is 11.1. The topological polar surface area (TPSA) is 72.5 Å². The lowest BCUT2D eigenvalue weighted by molar-refractivity contribution is 0.0697. The van der Waals surface area contributed by atoms with Crippen molar-refractivity contribution in [2.45, 2.75) is 59.0 Å². The summed E-state index contributed by atoms with van der Waals surface area (Å²) >= 11 is 0. The van der Waals surface area contributed by atoms with E-state index >= 15 is 0 Å². The van der Waals surface area contributed by atoms with Crippen molar-refractivity contribution >= 4 is 11.7 Å². The minimum Gasteiger partial charge on any atom is -0.491 e. The molecule has 0 saturated carbocycles. The number of nitrogens with two attached hydrogens (primary N) is 1. The predicted octanol–water partition coefficient (Wildman–Crippen LogP) is 4.01. The number of benzene rings is 1. The summed E-state index contributed by atoms with van der Waals surface area (Å²) in [6, 6.07) is 3.30. The van der Waals surface area contributed by atoms with Gasteiger partial charge in [0, 0.05) is 5.69 Å². The highest BCUT2D eigenvalue weighted by Gasteiger charge is 2.13. The van der Waals surface area contributed by atoms with Gasteiger partial charge in [0.2, 0.25) is 0 Å². The van der Waals surface area contributed by atoms with Gasteiger partial charge in [-0.05, 0) is 44.4 Å². The number of anilines is 1. The van der Waals surface area contributed by atoms with Gasteiger partial charge in [0.05, 0.1) is 11.7 Å². The molecular weight excluding hydrogens is 254 g/mol. The third kappa shape index (κ3) is 4.76. The van der Waals surface area contributed by atoms with Crippen LogP contribution in [0.1, 0.15) is 61.9 Å². The Morgan fingerprint density at radius 1 is 1.35 bits per heavy atom. The van der Waals surface area contributed by atoms with Crippen LogP contribution in [0.4, 0.5) is 5.69 Å². The molecule has 112 valence electrons. The van der Waals surface area contributed by atoms with Gasteiger partial charge in [-0.25, -0.2) is 4.79 Å². The van der Waals surface area contributed by atoms with Crippen LogP contribution in [0.3, 0.4) is 0 Å². The molecule has 0 heterocycles. The van der Waals surface area contributed by atoms with Crippen molar-refractivity contribution in [3.63, 3.8) is 0 Å². The Kier molecular flexibility index (Phi) is 6.36. The van der Waals surface area contributed by atoms with Crippen LogP contribution in [0.15, 0.2) is 12.1 Å². The molecule has 0 saturated heterocycles. The van der Waals surface area contributed by atoms with Crippen LogP contribution in [0.2, 0.25) is 0 Å². The number of aryl methyl sites for hydroxylation is 1. The van der Waals surface area contributed by atoms with E-state index in [0.29, 0.717) is 11.4 Å². The van der Waals surface area contributed by atoms with E-state index in [0.717, 1.165) is 18.4 Å². The van der Waals surface area contributed by atoms with E-state index < -0.39 is 5.97 Å². The Labute approximate surface area is 120 Å². The molecule has 3 N–H and O–H groups in total. The van der Waals surface area contributed by atoms with E-state index in [1.54, 1.807) is 13.0 Å². The van der Waals surface area contributed by atoms with Gasteiger partial charge in [0.15, 0.2) is 0 Å². The molecule has 1 unspecified atom stereocenters. The van der Waals surface area contributed by atoms with Gasteiger partial charge in [0.1, 0.15) is 5.75 Å². The third-order valence-electron chi connectivity index (χ3n) is 3.39. The molecule has 4 heteroatoms. The van der Waals surface area contributed by atoms with Crippen molar-refractivity contribution < 1.29 is 14.6 Å². The molecule has 0 aliphatic heterocycles. The van der Waals surface area contributed by atoms with Gasteiger partial charge in [-0.15, -0.1) is 0 Å². The number of nitrogen functional groups attached to an aromatic ring is 1. The molecule has 1 rings (SSSR count). The lowest BCUT2D eigenvalue weighted by Gasteiger charge is -2.16. The first-order valence-corrected chi connectivity index (χ1v) is 7.25. The van der Waals surface area contributed by atoms with Gasteiger partial charge in [-0.2, -0.15) is 0 Å². The molecule has 4 nitrogen and oxygen atoms in total. The second-order valence-electron chi connectivity index (χ2n) is 5.28. The third-order valence-corrected chi connectivity index (χ3v) is 3.39. The van der Waals surface area contributed by atoms with Gasteiger partial charge in [0.25, 0.3) is 0 Å². The van der Waals surface area contributed by atoms with E-state index in [1.165, 1.54) is 25.3 Å². The summed E-state index contributed by atoms with van der Waals surface area (Å²) in [5.74, 6) is -0.441. The maximum atomic E-state index is 11.1. The zero-order valence-corrected chi connectivity index (χ0v) is 12.6. The van der Waals surface area contributed by atoms with Crippen LogP contribution in [-0.4, -0.2) is 17.2 Å². The van der Waals surface area contributed by atoms with E-state index in [4.69, 9.17) is 15.6 Å². The molecule has 0 bridgehead atoms. The van der Waals surface area contributed by atoms with Crippen LogP contribution >= 0.6 is 0 Å². The molecule has 1 aromatic rings. The largest absolute Gasteiger partial charge is 0.491 e. The highest BCUT2D eigenvalue weighted by molar-refractivity contribution is 5.95. The van der Waals surface area contributed by atoms with Crippen molar-refractivity contribution in [3.05, 3.63) is 23.3 Å². The first kappa shape index (κ1) is 16.3. The Bertz CT molecular complexity index is 457. The molecule has 0 amide bonds. The van der Waals surface area contributed by atoms with Gasteiger partial charge in [-0.3, -0.25) is 0 Å². The zero-order valence-electron chi connectivity index (χ0n) is 12.6. The number of hydrogen-bond acceptors (Lipinski definition) is 3. The molecule has 20 heavy (non-hydrogen) atoms. The summed E-state index contributed by atoms with van der Waals surface area (Å²) in [5.41, 5.74) is 6.91. The van der Waals surface area contributed by atoms with E-state index in [-0.39, 0.29) is 11.7 Å². The molecule has 1 aromatic carbocycles. The average Bonchev–Trinajstić information content (AvgIpc) is 2.38. The monoisotopic (exact) mass is 279 g/mol. The molecule has 0 aromatic heterocycles. The summed E-state index contributed by atoms with van der Waals surface area (Å²) in [7, 11) is 0. The molecule has 1 atom stereocenters. The molecule has 0 radical (unpaired) electrons. The minimum atomic E-state index is -1.02. The Balaban J connectivity index is 2.65. The Hall–Kier alpha value is -1.71. The predicted molar refractivity (Wildman–Crippen MR) is 81.4 cm³/mol. The van der Waals surface area contributed by atoms with E-state index in [2.05, 4.69) is 6.92 Å². The number of ether oxygens (including phenoxy) is 1. The number of carboxylic acids is 1. The summed E-state index contributed by atoms with van der Waals surface area (Å²) in [4.78, 5) is 11.1. The number of unbranched alkanes of at least 4 members (excludes halogenated alkanes) is 3.